The highest BCUT2D eigenvalue weighted by atomic mass is 16.5. The predicted octanol–water partition coefficient (Wildman–Crippen LogP) is 0.489. The lowest BCUT2D eigenvalue weighted by Gasteiger charge is -2.19. The molecule has 0 atom stereocenters. The van der Waals surface area contributed by atoms with E-state index in [1.807, 2.05) is 6.92 Å². The number of primary amides is 1. The Balaban J connectivity index is 2.71. The van der Waals surface area contributed by atoms with Crippen molar-refractivity contribution < 1.29 is 24.2 Å². The van der Waals surface area contributed by atoms with Crippen LogP contribution in [0, 0.1) is 0 Å². The van der Waals surface area contributed by atoms with E-state index in [-0.39, 0.29) is 0 Å². The van der Waals surface area contributed by atoms with Crippen LogP contribution in [0.1, 0.15) is 6.92 Å². The molecule has 0 spiro atoms. The number of hydrogen-bond acceptors (Lipinski definition) is 4. The van der Waals surface area contributed by atoms with Crippen LogP contribution in [0.15, 0.2) is 24.3 Å². The number of rotatable bonds is 7. The maximum absolute atomic E-state index is 11.9. The summed E-state index contributed by atoms with van der Waals surface area (Å²) in [4.78, 5) is 34.2. The molecule has 8 heteroatoms. The average Bonchev–Trinajstić information content (AvgIpc) is 2.39. The highest BCUT2D eigenvalue weighted by Gasteiger charge is 2.18. The number of carboxylic acids is 1. The van der Waals surface area contributed by atoms with Crippen LogP contribution in [-0.4, -0.2) is 47.6 Å². The van der Waals surface area contributed by atoms with Gasteiger partial charge in [-0.3, -0.25) is 9.59 Å². The molecule has 0 heterocycles. The minimum atomic E-state index is -1.24. The average molecular weight is 295 g/mol. The number of benzene rings is 1. The molecule has 0 saturated heterocycles. The Hall–Kier alpha value is -2.77. The van der Waals surface area contributed by atoms with Gasteiger partial charge in [-0.1, -0.05) is 0 Å². The van der Waals surface area contributed by atoms with Crippen LogP contribution in [0.2, 0.25) is 0 Å². The molecule has 0 aromatic heterocycles. The molecule has 0 aliphatic heterocycles. The van der Waals surface area contributed by atoms with Crippen LogP contribution < -0.4 is 15.8 Å². The molecule has 21 heavy (non-hydrogen) atoms. The summed E-state index contributed by atoms with van der Waals surface area (Å²) in [7, 11) is 0. The Morgan fingerprint density at radius 3 is 2.33 bits per heavy atom. The molecule has 8 nitrogen and oxygen atoms in total. The number of carboxylic acid groups (broad SMARTS) is 1. The van der Waals surface area contributed by atoms with Crippen molar-refractivity contribution >= 4 is 23.6 Å². The molecule has 0 radical (unpaired) electrons. The Morgan fingerprint density at radius 1 is 1.24 bits per heavy atom. The number of nitrogens with two attached hydrogens (primary N) is 1. The lowest BCUT2D eigenvalue weighted by Crippen LogP contribution is -2.43. The van der Waals surface area contributed by atoms with E-state index in [9.17, 15) is 14.4 Å². The number of carbonyl (C=O) groups is 3. The molecule has 0 aliphatic rings. The molecular weight excluding hydrogens is 278 g/mol. The molecule has 0 fully saturated rings. The summed E-state index contributed by atoms with van der Waals surface area (Å²) in [6.45, 7) is 1.28. The van der Waals surface area contributed by atoms with Gasteiger partial charge in [-0.2, -0.15) is 0 Å². The van der Waals surface area contributed by atoms with Gasteiger partial charge in [-0.25, -0.2) is 4.79 Å². The standard InChI is InChI=1S/C13H17N3O5/c1-2-21-10-5-3-9(4-6-10)15-13(20)16(7-11(14)17)8-12(18)19/h3-6H,2,7-8H2,1H3,(H2,14,17)(H,15,20)(H,18,19). The molecule has 0 saturated carbocycles. The second-order valence-corrected chi connectivity index (χ2v) is 4.10. The summed E-state index contributed by atoms with van der Waals surface area (Å²) in [6, 6.07) is 5.81. The summed E-state index contributed by atoms with van der Waals surface area (Å²) in [5, 5.41) is 11.2. The van der Waals surface area contributed by atoms with E-state index in [1.165, 1.54) is 0 Å². The van der Waals surface area contributed by atoms with Gasteiger partial charge in [0.05, 0.1) is 6.61 Å². The first-order chi connectivity index (χ1) is 9.92. The van der Waals surface area contributed by atoms with E-state index in [0.29, 0.717) is 18.0 Å². The zero-order chi connectivity index (χ0) is 15.8. The van der Waals surface area contributed by atoms with Crippen LogP contribution >= 0.6 is 0 Å². The van der Waals surface area contributed by atoms with E-state index >= 15 is 0 Å². The summed E-state index contributed by atoms with van der Waals surface area (Å²) in [6.07, 6.45) is 0. The number of aliphatic carboxylic acids is 1. The summed E-state index contributed by atoms with van der Waals surface area (Å²) in [5.74, 6) is -1.38. The van der Waals surface area contributed by atoms with Crippen LogP contribution in [0.3, 0.4) is 0 Å². The quantitative estimate of drug-likeness (QED) is 0.675. The van der Waals surface area contributed by atoms with Gasteiger partial charge >= 0.3 is 12.0 Å². The fourth-order valence-electron chi connectivity index (χ4n) is 1.55. The molecule has 4 N–H and O–H groups in total. The van der Waals surface area contributed by atoms with Gasteiger partial charge in [0.25, 0.3) is 0 Å². The highest BCUT2D eigenvalue weighted by molar-refractivity contribution is 5.94. The maximum Gasteiger partial charge on any atom is 0.323 e. The predicted molar refractivity (Wildman–Crippen MR) is 75.0 cm³/mol. The zero-order valence-electron chi connectivity index (χ0n) is 11.5. The van der Waals surface area contributed by atoms with Gasteiger partial charge in [0, 0.05) is 5.69 Å². The summed E-state index contributed by atoms with van der Waals surface area (Å²) < 4.78 is 5.26. The Labute approximate surface area is 121 Å². The number of urea groups is 1. The van der Waals surface area contributed by atoms with Crippen molar-refractivity contribution in [3.05, 3.63) is 24.3 Å². The van der Waals surface area contributed by atoms with Gasteiger partial charge in [0.2, 0.25) is 5.91 Å². The van der Waals surface area contributed by atoms with Crippen molar-refractivity contribution in [1.82, 2.24) is 4.90 Å². The monoisotopic (exact) mass is 295 g/mol. The summed E-state index contributed by atoms with van der Waals surface area (Å²) in [5.41, 5.74) is 5.43. The van der Waals surface area contributed by atoms with Gasteiger partial charge in [0.15, 0.2) is 0 Å². The second-order valence-electron chi connectivity index (χ2n) is 4.10. The normalized spacial score (nSPS) is 9.76. The Morgan fingerprint density at radius 2 is 1.86 bits per heavy atom. The molecule has 3 amide bonds. The number of amides is 3. The van der Waals surface area contributed by atoms with Gasteiger partial charge in [0.1, 0.15) is 18.8 Å². The van der Waals surface area contributed by atoms with E-state index in [4.69, 9.17) is 15.6 Å². The second kappa shape index (κ2) is 7.73. The van der Waals surface area contributed by atoms with Crippen molar-refractivity contribution in [2.75, 3.05) is 25.0 Å². The van der Waals surface area contributed by atoms with Crippen molar-refractivity contribution in [1.29, 1.82) is 0 Å². The molecule has 1 aromatic carbocycles. The third kappa shape index (κ3) is 5.81. The van der Waals surface area contributed by atoms with Crippen molar-refractivity contribution in [3.63, 3.8) is 0 Å². The fourth-order valence-corrected chi connectivity index (χ4v) is 1.55. The SMILES string of the molecule is CCOc1ccc(NC(=O)N(CC(N)=O)CC(=O)O)cc1. The van der Waals surface area contributed by atoms with Gasteiger partial charge in [-0.15, -0.1) is 0 Å². The van der Waals surface area contributed by atoms with Crippen LogP contribution in [0.25, 0.3) is 0 Å². The molecule has 0 aliphatic carbocycles. The number of anilines is 1. The van der Waals surface area contributed by atoms with E-state index < -0.39 is 31.0 Å². The zero-order valence-corrected chi connectivity index (χ0v) is 11.5. The van der Waals surface area contributed by atoms with Crippen LogP contribution in [-0.2, 0) is 9.59 Å². The molecular formula is C13H17N3O5. The lowest BCUT2D eigenvalue weighted by atomic mass is 10.3. The first kappa shape index (κ1) is 16.3. The Kier molecular flexibility index (Phi) is 5.99. The first-order valence-electron chi connectivity index (χ1n) is 6.21. The van der Waals surface area contributed by atoms with Crippen molar-refractivity contribution in [2.24, 2.45) is 5.73 Å². The van der Waals surface area contributed by atoms with E-state index in [2.05, 4.69) is 5.32 Å². The third-order valence-corrected chi connectivity index (χ3v) is 2.38. The van der Waals surface area contributed by atoms with E-state index in [1.54, 1.807) is 24.3 Å². The molecule has 1 rings (SSSR count). The topological polar surface area (TPSA) is 122 Å². The summed E-state index contributed by atoms with van der Waals surface area (Å²) >= 11 is 0. The van der Waals surface area contributed by atoms with Crippen molar-refractivity contribution in [2.45, 2.75) is 6.92 Å². The van der Waals surface area contributed by atoms with Gasteiger partial charge < -0.3 is 25.8 Å². The molecule has 0 unspecified atom stereocenters. The van der Waals surface area contributed by atoms with Crippen molar-refractivity contribution in [3.8, 4) is 5.75 Å². The number of hydrogen-bond donors (Lipinski definition) is 3. The first-order valence-corrected chi connectivity index (χ1v) is 6.21. The smallest absolute Gasteiger partial charge is 0.323 e. The lowest BCUT2D eigenvalue weighted by molar-refractivity contribution is -0.137. The number of nitrogens with one attached hydrogen (secondary N) is 1. The highest BCUT2D eigenvalue weighted by Crippen LogP contribution is 2.15. The van der Waals surface area contributed by atoms with E-state index in [0.717, 1.165) is 4.90 Å². The molecule has 0 bridgehead atoms. The fraction of sp³-hybridized carbons (Fsp3) is 0.308. The molecule has 1 aromatic rings. The van der Waals surface area contributed by atoms with Crippen LogP contribution in [0.5, 0.6) is 5.75 Å². The number of nitrogens with zero attached hydrogens (tertiary/aromatic N) is 1. The molecule has 114 valence electrons. The minimum Gasteiger partial charge on any atom is -0.494 e. The Bertz CT molecular complexity index is 499. The largest absolute Gasteiger partial charge is 0.494 e. The third-order valence-electron chi connectivity index (χ3n) is 2.38. The van der Waals surface area contributed by atoms with Crippen LogP contribution in [0.4, 0.5) is 10.5 Å². The maximum atomic E-state index is 11.9. The number of carbonyl (C=O) groups excluding carboxylic acids is 2. The minimum absolute atomic E-state index is 0.448. The van der Waals surface area contributed by atoms with Gasteiger partial charge in [-0.05, 0) is 31.2 Å². The number of ether oxygens (including phenoxy) is 1.